The quantitative estimate of drug-likeness (QED) is 0.580. The number of hydrogen-bond donors (Lipinski definition) is 1. The summed E-state index contributed by atoms with van der Waals surface area (Å²) in [4.78, 5) is 30.3. The van der Waals surface area contributed by atoms with E-state index in [1.165, 1.54) is 35.7 Å². The molecule has 8 nitrogen and oxygen atoms in total. The Labute approximate surface area is 223 Å². The van der Waals surface area contributed by atoms with Crippen molar-refractivity contribution < 1.29 is 22.4 Å². The first kappa shape index (κ1) is 26.6. The fraction of sp³-hybridized carbons (Fsp3) is 0.500. The van der Waals surface area contributed by atoms with E-state index in [1.54, 1.807) is 4.90 Å². The molecular weight excluding hydrogens is 507 g/mol. The molecule has 3 aliphatic rings. The molecule has 2 saturated heterocycles. The number of carbonyl (C=O) groups excluding carboxylic acids is 2. The second kappa shape index (κ2) is 11.0. The van der Waals surface area contributed by atoms with E-state index in [9.17, 15) is 22.4 Å². The van der Waals surface area contributed by atoms with E-state index in [0.29, 0.717) is 25.3 Å². The fourth-order valence-corrected chi connectivity index (χ4v) is 7.49. The van der Waals surface area contributed by atoms with Crippen LogP contribution in [-0.2, 0) is 19.6 Å². The summed E-state index contributed by atoms with van der Waals surface area (Å²) in [6.07, 6.45) is 6.51. The highest BCUT2D eigenvalue weighted by Gasteiger charge is 2.55. The maximum Gasteiger partial charge on any atom is 0.250 e. The van der Waals surface area contributed by atoms with E-state index in [2.05, 4.69) is 5.32 Å². The summed E-state index contributed by atoms with van der Waals surface area (Å²) in [6, 6.07) is 14.4. The van der Waals surface area contributed by atoms with Crippen LogP contribution in [0.15, 0.2) is 59.5 Å². The number of piperidine rings is 1. The van der Waals surface area contributed by atoms with Crippen molar-refractivity contribution in [2.24, 2.45) is 5.92 Å². The Kier molecular flexibility index (Phi) is 7.72. The molecule has 0 bridgehead atoms. The Morgan fingerprint density at radius 2 is 1.63 bits per heavy atom. The maximum absolute atomic E-state index is 13.9. The maximum atomic E-state index is 13.9. The van der Waals surface area contributed by atoms with Crippen LogP contribution in [0, 0.1) is 11.7 Å². The van der Waals surface area contributed by atoms with Gasteiger partial charge in [-0.15, -0.1) is 0 Å². The van der Waals surface area contributed by atoms with Crippen molar-refractivity contribution in [2.75, 3.05) is 37.7 Å². The van der Waals surface area contributed by atoms with Crippen molar-refractivity contribution in [1.82, 2.24) is 14.5 Å². The first-order valence-electron chi connectivity index (χ1n) is 13.4. The molecule has 3 fully saturated rings. The highest BCUT2D eigenvalue weighted by molar-refractivity contribution is 7.89. The van der Waals surface area contributed by atoms with Gasteiger partial charge in [0, 0.05) is 25.3 Å². The lowest BCUT2D eigenvalue weighted by atomic mass is 9.86. The van der Waals surface area contributed by atoms with Gasteiger partial charge in [0.1, 0.15) is 17.9 Å². The number of rotatable bonds is 7. The van der Waals surface area contributed by atoms with Crippen LogP contribution in [0.25, 0.3) is 0 Å². The Morgan fingerprint density at radius 3 is 2.29 bits per heavy atom. The third kappa shape index (κ3) is 5.29. The first-order chi connectivity index (χ1) is 18.3. The largest absolute Gasteiger partial charge is 0.354 e. The first-order valence-corrected chi connectivity index (χ1v) is 14.9. The van der Waals surface area contributed by atoms with Gasteiger partial charge in [-0.1, -0.05) is 37.5 Å². The molecule has 2 amide bonds. The van der Waals surface area contributed by atoms with Gasteiger partial charge in [0.2, 0.25) is 21.8 Å². The molecule has 0 atom stereocenters. The smallest absolute Gasteiger partial charge is 0.250 e. The van der Waals surface area contributed by atoms with Gasteiger partial charge in [-0.05, 0) is 68.0 Å². The molecule has 204 valence electrons. The number of anilines is 1. The molecule has 0 unspecified atom stereocenters. The van der Waals surface area contributed by atoms with Crippen molar-refractivity contribution in [3.05, 3.63) is 60.4 Å². The van der Waals surface area contributed by atoms with Crippen LogP contribution >= 0.6 is 0 Å². The average Bonchev–Trinajstić information content (AvgIpc) is 3.19. The van der Waals surface area contributed by atoms with Gasteiger partial charge in [-0.25, -0.2) is 12.8 Å². The molecule has 0 aromatic heterocycles. The fourth-order valence-electron chi connectivity index (χ4n) is 6.05. The molecule has 2 aromatic rings. The van der Waals surface area contributed by atoms with E-state index in [0.717, 1.165) is 30.7 Å². The lowest BCUT2D eigenvalue weighted by molar-refractivity contribution is -0.137. The number of para-hydroxylation sites is 1. The Bertz CT molecular complexity index is 1240. The SMILES string of the molecule is O=C(CN1CN(c2ccccc2)C2(CCN(S(=O)(=O)c3ccc(F)cc3)CC2)C1=O)NCC1CCCCC1. The van der Waals surface area contributed by atoms with Gasteiger partial charge in [0.05, 0.1) is 11.6 Å². The number of sulfonamides is 1. The third-order valence-corrected chi connectivity index (χ3v) is 10.1. The van der Waals surface area contributed by atoms with Crippen LogP contribution in [0.4, 0.5) is 10.1 Å². The number of halogens is 1. The van der Waals surface area contributed by atoms with Crippen LogP contribution in [0.2, 0.25) is 0 Å². The van der Waals surface area contributed by atoms with Crippen LogP contribution in [0.1, 0.15) is 44.9 Å². The molecule has 1 spiro atoms. The standard InChI is InChI=1S/C28H35FN4O4S/c29-23-11-13-25(14-12-23)38(36,37)32-17-15-28(16-18-32)27(35)31(21-33(28)24-9-5-2-6-10-24)20-26(34)30-19-22-7-3-1-4-8-22/h2,5-6,9-14,22H,1,3-4,7-8,15-21H2,(H,30,34). The lowest BCUT2D eigenvalue weighted by Crippen LogP contribution is -2.57. The topological polar surface area (TPSA) is 90.0 Å². The van der Waals surface area contributed by atoms with Crippen LogP contribution < -0.4 is 10.2 Å². The molecule has 2 heterocycles. The summed E-state index contributed by atoms with van der Waals surface area (Å²) < 4.78 is 41.1. The molecule has 10 heteroatoms. The van der Waals surface area contributed by atoms with Crippen molar-refractivity contribution in [3.63, 3.8) is 0 Å². The van der Waals surface area contributed by atoms with Gasteiger partial charge < -0.3 is 15.1 Å². The summed E-state index contributed by atoms with van der Waals surface area (Å²) in [5, 5.41) is 3.03. The summed E-state index contributed by atoms with van der Waals surface area (Å²) in [5.41, 5.74) is -0.0689. The molecule has 0 radical (unpaired) electrons. The molecule has 1 N–H and O–H groups in total. The van der Waals surface area contributed by atoms with E-state index in [-0.39, 0.29) is 43.0 Å². The molecule has 2 aromatic carbocycles. The summed E-state index contributed by atoms with van der Waals surface area (Å²) in [6.45, 7) is 1.19. The van der Waals surface area contributed by atoms with Crippen molar-refractivity contribution in [1.29, 1.82) is 0 Å². The second-order valence-corrected chi connectivity index (χ2v) is 12.5. The second-order valence-electron chi connectivity index (χ2n) is 10.6. The summed E-state index contributed by atoms with van der Waals surface area (Å²) in [5.74, 6) is -0.306. The van der Waals surface area contributed by atoms with E-state index in [1.807, 2.05) is 35.2 Å². The van der Waals surface area contributed by atoms with Gasteiger partial charge in [0.25, 0.3) is 0 Å². The van der Waals surface area contributed by atoms with E-state index < -0.39 is 21.4 Å². The molecule has 38 heavy (non-hydrogen) atoms. The zero-order valence-corrected chi connectivity index (χ0v) is 22.3. The minimum atomic E-state index is -3.82. The minimum Gasteiger partial charge on any atom is -0.354 e. The van der Waals surface area contributed by atoms with E-state index >= 15 is 0 Å². The minimum absolute atomic E-state index is 0.0196. The number of nitrogens with zero attached hydrogens (tertiary/aromatic N) is 3. The average molecular weight is 543 g/mol. The lowest BCUT2D eigenvalue weighted by Gasteiger charge is -2.42. The summed E-state index contributed by atoms with van der Waals surface area (Å²) in [7, 11) is -3.82. The predicted octanol–water partition coefficient (Wildman–Crippen LogP) is 3.35. The van der Waals surface area contributed by atoms with E-state index in [4.69, 9.17) is 0 Å². The Morgan fingerprint density at radius 1 is 0.974 bits per heavy atom. The summed E-state index contributed by atoms with van der Waals surface area (Å²) >= 11 is 0. The zero-order valence-electron chi connectivity index (χ0n) is 21.5. The zero-order chi connectivity index (χ0) is 26.8. The normalized spacial score (nSPS) is 20.7. The number of nitrogens with one attached hydrogen (secondary N) is 1. The van der Waals surface area contributed by atoms with Crippen molar-refractivity contribution >= 4 is 27.5 Å². The number of benzene rings is 2. The number of hydrogen-bond acceptors (Lipinski definition) is 5. The van der Waals surface area contributed by atoms with Crippen LogP contribution in [-0.4, -0.2) is 67.8 Å². The Balaban J connectivity index is 1.30. The molecule has 1 saturated carbocycles. The highest BCUT2D eigenvalue weighted by Crippen LogP contribution is 2.40. The molecule has 1 aliphatic carbocycles. The van der Waals surface area contributed by atoms with Crippen LogP contribution in [0.5, 0.6) is 0 Å². The van der Waals surface area contributed by atoms with Gasteiger partial charge >= 0.3 is 0 Å². The molecular formula is C28H35FN4O4S. The van der Waals surface area contributed by atoms with Crippen molar-refractivity contribution in [2.45, 2.75) is 55.4 Å². The van der Waals surface area contributed by atoms with Gasteiger partial charge in [-0.3, -0.25) is 9.59 Å². The highest BCUT2D eigenvalue weighted by atomic mass is 32.2. The monoisotopic (exact) mass is 542 g/mol. The van der Waals surface area contributed by atoms with Gasteiger partial charge in [0.15, 0.2) is 0 Å². The molecule has 2 aliphatic heterocycles. The third-order valence-electron chi connectivity index (χ3n) is 8.23. The predicted molar refractivity (Wildman–Crippen MR) is 142 cm³/mol. The van der Waals surface area contributed by atoms with Crippen LogP contribution in [0.3, 0.4) is 0 Å². The van der Waals surface area contributed by atoms with Crippen molar-refractivity contribution in [3.8, 4) is 0 Å². The van der Waals surface area contributed by atoms with Gasteiger partial charge in [-0.2, -0.15) is 4.31 Å². The number of amides is 2. The number of carbonyl (C=O) groups is 2. The Hall–Kier alpha value is -2.98. The molecule has 5 rings (SSSR count).